The molecule has 0 bridgehead atoms. The molecule has 0 aliphatic carbocycles. The standard InChI is InChI=1S/C20H24N2O5S/c1-4-26-17-7-5-6-8-18(17)27-12-20(25)22-21-19(24)10-9-16(23)15-11-13(2)28-14(15)3/h5-8,11H,4,9-10,12H2,1-3H3,(H,21,24)(H,22,25). The molecule has 150 valence electrons. The number of ether oxygens (including phenoxy) is 2. The molecule has 1 aromatic heterocycles. The monoisotopic (exact) mass is 404 g/mol. The first-order valence-electron chi connectivity index (χ1n) is 8.93. The zero-order valence-corrected chi connectivity index (χ0v) is 17.0. The number of rotatable bonds is 9. The van der Waals surface area contributed by atoms with Crippen molar-refractivity contribution >= 4 is 28.9 Å². The van der Waals surface area contributed by atoms with Crippen molar-refractivity contribution in [3.63, 3.8) is 0 Å². The molecule has 28 heavy (non-hydrogen) atoms. The van der Waals surface area contributed by atoms with Crippen molar-refractivity contribution in [2.45, 2.75) is 33.6 Å². The van der Waals surface area contributed by atoms with E-state index in [0.29, 0.717) is 23.7 Å². The summed E-state index contributed by atoms with van der Waals surface area (Å²) in [6, 6.07) is 8.84. The summed E-state index contributed by atoms with van der Waals surface area (Å²) in [5, 5.41) is 0. The number of thiophene rings is 1. The largest absolute Gasteiger partial charge is 0.490 e. The molecule has 8 heteroatoms. The van der Waals surface area contributed by atoms with E-state index >= 15 is 0 Å². The summed E-state index contributed by atoms with van der Waals surface area (Å²) < 4.78 is 10.8. The Balaban J connectivity index is 1.71. The van der Waals surface area contributed by atoms with E-state index in [1.54, 1.807) is 35.6 Å². The topological polar surface area (TPSA) is 93.7 Å². The van der Waals surface area contributed by atoms with Crippen LogP contribution in [0.1, 0.15) is 39.9 Å². The predicted molar refractivity (Wildman–Crippen MR) is 107 cm³/mol. The van der Waals surface area contributed by atoms with Crippen LogP contribution in [0.15, 0.2) is 30.3 Å². The van der Waals surface area contributed by atoms with E-state index in [0.717, 1.165) is 9.75 Å². The van der Waals surface area contributed by atoms with E-state index in [4.69, 9.17) is 9.47 Å². The second-order valence-electron chi connectivity index (χ2n) is 6.01. The van der Waals surface area contributed by atoms with Gasteiger partial charge in [-0.2, -0.15) is 0 Å². The molecule has 0 aliphatic rings. The second kappa shape index (κ2) is 10.5. The number of carbonyl (C=O) groups is 3. The summed E-state index contributed by atoms with van der Waals surface area (Å²) in [5.74, 6) is -0.0624. The van der Waals surface area contributed by atoms with Crippen molar-refractivity contribution in [3.8, 4) is 11.5 Å². The van der Waals surface area contributed by atoms with Crippen LogP contribution >= 0.6 is 11.3 Å². The molecule has 1 heterocycles. The van der Waals surface area contributed by atoms with Crippen LogP contribution in [-0.2, 0) is 9.59 Å². The summed E-state index contributed by atoms with van der Waals surface area (Å²) in [6.07, 6.45) is 0.0679. The number of hydrogen-bond donors (Lipinski definition) is 2. The van der Waals surface area contributed by atoms with Crippen LogP contribution in [0.4, 0.5) is 0 Å². The number of benzene rings is 1. The normalized spacial score (nSPS) is 10.2. The van der Waals surface area contributed by atoms with E-state index in [1.807, 2.05) is 26.8 Å². The van der Waals surface area contributed by atoms with Gasteiger partial charge in [-0.1, -0.05) is 12.1 Å². The first-order valence-corrected chi connectivity index (χ1v) is 9.75. The molecule has 2 aromatic rings. The number of hydrazine groups is 1. The average molecular weight is 404 g/mol. The highest BCUT2D eigenvalue weighted by atomic mass is 32.1. The Kier molecular flexibility index (Phi) is 8.01. The summed E-state index contributed by atoms with van der Waals surface area (Å²) in [5.41, 5.74) is 5.21. The third-order valence-corrected chi connectivity index (χ3v) is 4.74. The van der Waals surface area contributed by atoms with Gasteiger partial charge in [0.15, 0.2) is 23.9 Å². The molecule has 2 rings (SSSR count). The summed E-state index contributed by atoms with van der Waals surface area (Å²) in [7, 11) is 0. The van der Waals surface area contributed by atoms with Gasteiger partial charge in [0, 0.05) is 28.2 Å². The van der Waals surface area contributed by atoms with E-state index in [9.17, 15) is 14.4 Å². The SMILES string of the molecule is CCOc1ccccc1OCC(=O)NNC(=O)CCC(=O)c1cc(C)sc1C. The zero-order valence-electron chi connectivity index (χ0n) is 16.2. The first-order chi connectivity index (χ1) is 13.4. The maximum Gasteiger partial charge on any atom is 0.276 e. The van der Waals surface area contributed by atoms with Crippen molar-refractivity contribution in [1.82, 2.24) is 10.9 Å². The molecule has 0 radical (unpaired) electrons. The Labute approximate surface area is 168 Å². The van der Waals surface area contributed by atoms with Crippen molar-refractivity contribution in [3.05, 3.63) is 45.6 Å². The van der Waals surface area contributed by atoms with E-state index < -0.39 is 11.8 Å². The summed E-state index contributed by atoms with van der Waals surface area (Å²) in [4.78, 5) is 37.9. The highest BCUT2D eigenvalue weighted by Crippen LogP contribution is 2.26. The number of aryl methyl sites for hydroxylation is 2. The highest BCUT2D eigenvalue weighted by Gasteiger charge is 2.14. The molecule has 0 fully saturated rings. The predicted octanol–water partition coefficient (Wildman–Crippen LogP) is 2.95. The van der Waals surface area contributed by atoms with Crippen LogP contribution in [0, 0.1) is 13.8 Å². The Morgan fingerprint density at radius 1 is 0.964 bits per heavy atom. The minimum Gasteiger partial charge on any atom is -0.490 e. The molecular formula is C20H24N2O5S. The number of para-hydroxylation sites is 2. The smallest absolute Gasteiger partial charge is 0.276 e. The van der Waals surface area contributed by atoms with Crippen molar-refractivity contribution in [2.24, 2.45) is 0 Å². The molecule has 7 nitrogen and oxygen atoms in total. The van der Waals surface area contributed by atoms with E-state index in [2.05, 4.69) is 10.9 Å². The van der Waals surface area contributed by atoms with Crippen LogP contribution in [0.3, 0.4) is 0 Å². The Hall–Kier alpha value is -2.87. The van der Waals surface area contributed by atoms with Crippen molar-refractivity contribution < 1.29 is 23.9 Å². The minimum atomic E-state index is -0.518. The van der Waals surface area contributed by atoms with Crippen molar-refractivity contribution in [1.29, 1.82) is 0 Å². The van der Waals surface area contributed by atoms with Gasteiger partial charge >= 0.3 is 0 Å². The van der Waals surface area contributed by atoms with Gasteiger partial charge in [-0.05, 0) is 39.0 Å². The van der Waals surface area contributed by atoms with Crippen LogP contribution < -0.4 is 20.3 Å². The van der Waals surface area contributed by atoms with Gasteiger partial charge in [0.25, 0.3) is 5.91 Å². The minimum absolute atomic E-state index is 0.0124. The third kappa shape index (κ3) is 6.38. The number of ketones is 1. The van der Waals surface area contributed by atoms with Crippen LogP contribution in [0.5, 0.6) is 11.5 Å². The maximum atomic E-state index is 12.2. The number of Topliss-reactive ketones (excluding diaryl/α,β-unsaturated/α-hetero) is 1. The lowest BCUT2D eigenvalue weighted by Crippen LogP contribution is -2.43. The van der Waals surface area contributed by atoms with Crippen LogP contribution in [0.2, 0.25) is 0 Å². The second-order valence-corrected chi connectivity index (χ2v) is 7.48. The fraction of sp³-hybridized carbons (Fsp3) is 0.350. The molecule has 0 saturated carbocycles. The summed E-state index contributed by atoms with van der Waals surface area (Å²) >= 11 is 1.55. The molecule has 0 unspecified atom stereocenters. The first kappa shape index (κ1) is 21.4. The molecule has 2 amide bonds. The van der Waals surface area contributed by atoms with E-state index in [1.165, 1.54) is 0 Å². The number of carbonyl (C=O) groups excluding carboxylic acids is 3. The lowest BCUT2D eigenvalue weighted by molar-refractivity contribution is -0.130. The van der Waals surface area contributed by atoms with Crippen molar-refractivity contribution in [2.75, 3.05) is 13.2 Å². The van der Waals surface area contributed by atoms with E-state index in [-0.39, 0.29) is 25.2 Å². The van der Waals surface area contributed by atoms with Gasteiger partial charge in [-0.25, -0.2) is 0 Å². The Morgan fingerprint density at radius 3 is 2.21 bits per heavy atom. The van der Waals surface area contributed by atoms with Gasteiger partial charge in [0.1, 0.15) is 0 Å². The number of nitrogens with one attached hydrogen (secondary N) is 2. The van der Waals surface area contributed by atoms with Gasteiger partial charge < -0.3 is 9.47 Å². The maximum absolute atomic E-state index is 12.2. The molecule has 0 saturated heterocycles. The van der Waals surface area contributed by atoms with Gasteiger partial charge in [0.05, 0.1) is 6.61 Å². The average Bonchev–Trinajstić information content (AvgIpc) is 3.02. The fourth-order valence-electron chi connectivity index (χ4n) is 2.49. The van der Waals surface area contributed by atoms with Gasteiger partial charge in [-0.3, -0.25) is 25.2 Å². The molecule has 0 aliphatic heterocycles. The number of hydrogen-bond acceptors (Lipinski definition) is 6. The molecule has 2 N–H and O–H groups in total. The lowest BCUT2D eigenvalue weighted by Gasteiger charge is -2.12. The highest BCUT2D eigenvalue weighted by molar-refractivity contribution is 7.12. The van der Waals surface area contributed by atoms with Crippen LogP contribution in [-0.4, -0.2) is 30.8 Å². The fourth-order valence-corrected chi connectivity index (χ4v) is 3.44. The Bertz CT molecular complexity index is 847. The molecule has 0 spiro atoms. The molecule has 0 atom stereocenters. The summed E-state index contributed by atoms with van der Waals surface area (Å²) in [6.45, 7) is 5.87. The number of amides is 2. The quantitative estimate of drug-likeness (QED) is 0.495. The van der Waals surface area contributed by atoms with Gasteiger partial charge in [0.2, 0.25) is 5.91 Å². The third-order valence-electron chi connectivity index (χ3n) is 3.77. The lowest BCUT2D eigenvalue weighted by atomic mass is 10.1. The molecular weight excluding hydrogens is 380 g/mol. The zero-order chi connectivity index (χ0) is 20.5. The van der Waals surface area contributed by atoms with Gasteiger partial charge in [-0.15, -0.1) is 11.3 Å². The Morgan fingerprint density at radius 2 is 1.61 bits per heavy atom. The molecule has 1 aromatic carbocycles. The van der Waals surface area contributed by atoms with Crippen LogP contribution in [0.25, 0.3) is 0 Å².